The highest BCUT2D eigenvalue weighted by Gasteiger charge is 2.11. The molecular weight excluding hydrogens is 310 g/mol. The van der Waals surface area contributed by atoms with Crippen molar-refractivity contribution in [1.29, 1.82) is 0 Å². The molecule has 0 aliphatic heterocycles. The molecule has 0 spiro atoms. The van der Waals surface area contributed by atoms with Crippen molar-refractivity contribution < 1.29 is 4.74 Å². The molecule has 2 heterocycles. The highest BCUT2D eigenvalue weighted by Crippen LogP contribution is 2.16. The number of nitrogens with zero attached hydrogens (tertiary/aromatic N) is 5. The first kappa shape index (κ1) is 15.9. The molecule has 0 unspecified atom stereocenters. The normalized spacial score (nSPS) is 10.7. The van der Waals surface area contributed by atoms with Crippen molar-refractivity contribution in [2.75, 3.05) is 24.6 Å². The van der Waals surface area contributed by atoms with Crippen LogP contribution in [0.15, 0.2) is 5.51 Å². The van der Waals surface area contributed by atoms with E-state index in [1.54, 1.807) is 11.3 Å². The van der Waals surface area contributed by atoms with Gasteiger partial charge >= 0.3 is 6.01 Å². The summed E-state index contributed by atoms with van der Waals surface area (Å²) < 4.78 is 5.60. The first-order chi connectivity index (χ1) is 10.1. The Bertz CT molecular complexity index is 588. The SMILES string of the molecule is CCN(CC)c1nc(Cl)nc(OCCc2scnc2C)n1. The molecule has 8 heteroatoms. The topological polar surface area (TPSA) is 64.0 Å². The Labute approximate surface area is 133 Å². The van der Waals surface area contributed by atoms with Crippen LogP contribution < -0.4 is 9.64 Å². The minimum absolute atomic E-state index is 0.149. The van der Waals surface area contributed by atoms with Crippen LogP contribution in [0.4, 0.5) is 5.95 Å². The minimum atomic E-state index is 0.149. The maximum Gasteiger partial charge on any atom is 0.322 e. The maximum absolute atomic E-state index is 5.93. The molecule has 2 aromatic heterocycles. The third kappa shape index (κ3) is 4.25. The second kappa shape index (κ2) is 7.51. The smallest absolute Gasteiger partial charge is 0.322 e. The maximum atomic E-state index is 5.93. The highest BCUT2D eigenvalue weighted by molar-refractivity contribution is 7.09. The van der Waals surface area contributed by atoms with Gasteiger partial charge in [0.2, 0.25) is 11.2 Å². The number of aromatic nitrogens is 4. The van der Waals surface area contributed by atoms with Gasteiger partial charge < -0.3 is 9.64 Å². The van der Waals surface area contributed by atoms with Crippen LogP contribution in [0, 0.1) is 6.92 Å². The van der Waals surface area contributed by atoms with Crippen molar-refractivity contribution >= 4 is 28.9 Å². The predicted octanol–water partition coefficient (Wildman–Crippen LogP) is 2.76. The first-order valence-electron chi connectivity index (χ1n) is 6.82. The second-order valence-corrected chi connectivity index (χ2v) is 5.60. The van der Waals surface area contributed by atoms with Crippen molar-refractivity contribution in [2.24, 2.45) is 0 Å². The molecule has 0 aliphatic rings. The van der Waals surface area contributed by atoms with Gasteiger partial charge in [0.25, 0.3) is 0 Å². The van der Waals surface area contributed by atoms with Gasteiger partial charge in [-0.25, -0.2) is 4.98 Å². The predicted molar refractivity (Wildman–Crippen MR) is 84.4 cm³/mol. The molecule has 2 aromatic rings. The summed E-state index contributed by atoms with van der Waals surface area (Å²) in [6.07, 6.45) is 0.778. The van der Waals surface area contributed by atoms with Gasteiger partial charge in [0.05, 0.1) is 17.8 Å². The Morgan fingerprint density at radius 1 is 1.24 bits per heavy atom. The van der Waals surface area contributed by atoms with Crippen LogP contribution in [0.25, 0.3) is 0 Å². The molecule has 0 N–H and O–H groups in total. The van der Waals surface area contributed by atoms with Gasteiger partial charge in [-0.3, -0.25) is 0 Å². The molecule has 0 aromatic carbocycles. The molecule has 2 rings (SSSR count). The van der Waals surface area contributed by atoms with Crippen LogP contribution >= 0.6 is 22.9 Å². The third-order valence-electron chi connectivity index (χ3n) is 3.03. The molecular formula is C13H18ClN5OS. The zero-order valence-electron chi connectivity index (χ0n) is 12.3. The molecule has 0 saturated carbocycles. The Kier molecular flexibility index (Phi) is 5.69. The summed E-state index contributed by atoms with van der Waals surface area (Å²) >= 11 is 7.56. The Balaban J connectivity index is 2.01. The number of rotatable bonds is 7. The highest BCUT2D eigenvalue weighted by atomic mass is 35.5. The van der Waals surface area contributed by atoms with Crippen LogP contribution in [0.5, 0.6) is 6.01 Å². The van der Waals surface area contributed by atoms with Gasteiger partial charge in [0.1, 0.15) is 0 Å². The van der Waals surface area contributed by atoms with Gasteiger partial charge in [0.15, 0.2) is 0 Å². The summed E-state index contributed by atoms with van der Waals surface area (Å²) in [5.41, 5.74) is 2.88. The quantitative estimate of drug-likeness (QED) is 0.779. The van der Waals surface area contributed by atoms with E-state index in [9.17, 15) is 0 Å². The molecule has 0 fully saturated rings. The van der Waals surface area contributed by atoms with Crippen LogP contribution in [0.1, 0.15) is 24.4 Å². The van der Waals surface area contributed by atoms with E-state index >= 15 is 0 Å². The third-order valence-corrected chi connectivity index (χ3v) is 4.19. The van der Waals surface area contributed by atoms with Crippen molar-refractivity contribution in [3.8, 4) is 6.01 Å². The lowest BCUT2D eigenvalue weighted by molar-refractivity contribution is 0.296. The fourth-order valence-corrected chi connectivity index (χ4v) is 2.75. The molecule has 0 amide bonds. The van der Waals surface area contributed by atoms with E-state index in [-0.39, 0.29) is 11.3 Å². The first-order valence-corrected chi connectivity index (χ1v) is 8.08. The van der Waals surface area contributed by atoms with Crippen molar-refractivity contribution in [1.82, 2.24) is 19.9 Å². The molecule has 0 atom stereocenters. The number of hydrogen-bond donors (Lipinski definition) is 0. The number of hydrogen-bond acceptors (Lipinski definition) is 7. The van der Waals surface area contributed by atoms with Gasteiger partial charge in [-0.2, -0.15) is 15.0 Å². The standard InChI is InChI=1S/C13H18ClN5OS/c1-4-19(5-2)12-16-11(14)17-13(18-12)20-7-6-10-9(3)15-8-21-10/h8H,4-7H2,1-3H3. The van der Waals surface area contributed by atoms with Crippen molar-refractivity contribution in [2.45, 2.75) is 27.2 Å². The average molecular weight is 328 g/mol. The van der Waals surface area contributed by atoms with E-state index in [0.29, 0.717) is 12.6 Å². The summed E-state index contributed by atoms with van der Waals surface area (Å²) in [7, 11) is 0. The summed E-state index contributed by atoms with van der Waals surface area (Å²) in [6, 6.07) is 0.263. The van der Waals surface area contributed by atoms with E-state index < -0.39 is 0 Å². The summed E-state index contributed by atoms with van der Waals surface area (Å²) in [6.45, 7) is 8.15. The largest absolute Gasteiger partial charge is 0.463 e. The van der Waals surface area contributed by atoms with Crippen LogP contribution in [0.3, 0.4) is 0 Å². The van der Waals surface area contributed by atoms with Gasteiger partial charge in [-0.1, -0.05) is 0 Å². The van der Waals surface area contributed by atoms with E-state index in [1.807, 2.05) is 31.2 Å². The molecule has 0 radical (unpaired) electrons. The zero-order valence-corrected chi connectivity index (χ0v) is 13.9. The molecule has 114 valence electrons. The van der Waals surface area contributed by atoms with Crippen molar-refractivity contribution in [3.05, 3.63) is 21.4 Å². The number of aryl methyl sites for hydroxylation is 1. The monoisotopic (exact) mass is 327 g/mol. The Morgan fingerprint density at radius 2 is 2.00 bits per heavy atom. The molecule has 6 nitrogen and oxygen atoms in total. The van der Waals surface area contributed by atoms with E-state index in [0.717, 1.165) is 25.2 Å². The summed E-state index contributed by atoms with van der Waals surface area (Å²) in [5.74, 6) is 0.545. The number of halogens is 1. The number of ether oxygens (including phenoxy) is 1. The van der Waals surface area contributed by atoms with Gasteiger partial charge in [-0.05, 0) is 32.4 Å². The number of thiazole rings is 1. The molecule has 21 heavy (non-hydrogen) atoms. The number of anilines is 1. The van der Waals surface area contributed by atoms with E-state index in [1.165, 1.54) is 4.88 Å². The van der Waals surface area contributed by atoms with E-state index in [4.69, 9.17) is 16.3 Å². The van der Waals surface area contributed by atoms with E-state index in [2.05, 4.69) is 19.9 Å². The van der Waals surface area contributed by atoms with Crippen LogP contribution in [-0.2, 0) is 6.42 Å². The molecule has 0 bridgehead atoms. The lowest BCUT2D eigenvalue weighted by Crippen LogP contribution is -2.24. The fraction of sp³-hybridized carbons (Fsp3) is 0.538. The van der Waals surface area contributed by atoms with Gasteiger partial charge in [0, 0.05) is 24.4 Å². The molecule has 0 saturated heterocycles. The molecule has 0 aliphatic carbocycles. The second-order valence-electron chi connectivity index (χ2n) is 4.32. The minimum Gasteiger partial charge on any atom is -0.463 e. The summed E-state index contributed by atoms with van der Waals surface area (Å²) in [5, 5.41) is 0.149. The van der Waals surface area contributed by atoms with Gasteiger partial charge in [-0.15, -0.1) is 11.3 Å². The Morgan fingerprint density at radius 3 is 2.62 bits per heavy atom. The zero-order chi connectivity index (χ0) is 15.2. The lowest BCUT2D eigenvalue weighted by atomic mass is 10.3. The van der Waals surface area contributed by atoms with Crippen LogP contribution in [-0.4, -0.2) is 39.6 Å². The lowest BCUT2D eigenvalue weighted by Gasteiger charge is -2.18. The van der Waals surface area contributed by atoms with Crippen LogP contribution in [0.2, 0.25) is 5.28 Å². The van der Waals surface area contributed by atoms with Crippen molar-refractivity contribution in [3.63, 3.8) is 0 Å². The average Bonchev–Trinajstić information content (AvgIpc) is 2.85. The fourth-order valence-electron chi connectivity index (χ4n) is 1.84. The Hall–Kier alpha value is -1.47. The summed E-state index contributed by atoms with van der Waals surface area (Å²) in [4.78, 5) is 19.9.